The molecule has 0 spiro atoms. The first kappa shape index (κ1) is 16.1. The Hall–Kier alpha value is -1.26. The number of rotatable bonds is 7. The van der Waals surface area contributed by atoms with Gasteiger partial charge in [-0.25, -0.2) is 0 Å². The topological polar surface area (TPSA) is 39.7 Å². The van der Waals surface area contributed by atoms with Crippen LogP contribution in [0.4, 0.5) is 0 Å². The highest BCUT2D eigenvalue weighted by atomic mass is 16.5. The van der Waals surface area contributed by atoms with Crippen LogP contribution in [0.1, 0.15) is 32.3 Å². The van der Waals surface area contributed by atoms with Gasteiger partial charge in [-0.2, -0.15) is 0 Å². The second kappa shape index (κ2) is 8.25. The molecule has 2 rings (SSSR count). The van der Waals surface area contributed by atoms with E-state index in [1.165, 1.54) is 5.56 Å². The summed E-state index contributed by atoms with van der Waals surface area (Å²) in [6.45, 7) is 7.85. The van der Waals surface area contributed by atoms with Crippen LogP contribution in [-0.2, 0) is 11.3 Å². The van der Waals surface area contributed by atoms with Gasteiger partial charge in [-0.3, -0.25) is 0 Å². The van der Waals surface area contributed by atoms with Crippen LogP contribution in [0.15, 0.2) is 18.2 Å². The molecule has 118 valence electrons. The third-order valence-electron chi connectivity index (χ3n) is 3.57. The predicted octanol–water partition coefficient (Wildman–Crippen LogP) is 3.00. The highest BCUT2D eigenvalue weighted by molar-refractivity contribution is 5.43. The molecule has 4 heteroatoms. The first-order valence-corrected chi connectivity index (χ1v) is 7.81. The van der Waals surface area contributed by atoms with Crippen molar-refractivity contribution < 1.29 is 14.2 Å². The molecule has 1 N–H and O–H groups in total. The van der Waals surface area contributed by atoms with Gasteiger partial charge in [0.25, 0.3) is 0 Å². The van der Waals surface area contributed by atoms with E-state index in [0.29, 0.717) is 5.92 Å². The van der Waals surface area contributed by atoms with E-state index < -0.39 is 0 Å². The molecule has 0 bridgehead atoms. The van der Waals surface area contributed by atoms with E-state index in [1.54, 1.807) is 7.11 Å². The number of nitrogens with one attached hydrogen (secondary N) is 1. The van der Waals surface area contributed by atoms with Crippen molar-refractivity contribution in [2.75, 3.05) is 26.9 Å². The van der Waals surface area contributed by atoms with Crippen LogP contribution in [0, 0.1) is 5.92 Å². The minimum Gasteiger partial charge on any atom is -0.493 e. The third-order valence-corrected chi connectivity index (χ3v) is 3.57. The summed E-state index contributed by atoms with van der Waals surface area (Å²) in [7, 11) is 1.69. The molecule has 0 unspecified atom stereocenters. The highest BCUT2D eigenvalue weighted by Gasteiger charge is 2.17. The van der Waals surface area contributed by atoms with Crippen molar-refractivity contribution in [3.8, 4) is 11.5 Å². The molecule has 1 aliphatic rings. The van der Waals surface area contributed by atoms with Crippen molar-refractivity contribution in [3.05, 3.63) is 23.8 Å². The molecular weight excluding hydrogens is 266 g/mol. The predicted molar refractivity (Wildman–Crippen MR) is 84.0 cm³/mol. The minimum absolute atomic E-state index is 0.234. The maximum atomic E-state index is 6.05. The summed E-state index contributed by atoms with van der Waals surface area (Å²) >= 11 is 0. The maximum Gasteiger partial charge on any atom is 0.161 e. The lowest BCUT2D eigenvalue weighted by atomic mass is 10.1. The molecule has 0 amide bonds. The quantitative estimate of drug-likeness (QED) is 0.839. The van der Waals surface area contributed by atoms with Crippen LogP contribution >= 0.6 is 0 Å². The van der Waals surface area contributed by atoms with Crippen LogP contribution in [-0.4, -0.2) is 33.0 Å². The lowest BCUT2D eigenvalue weighted by Crippen LogP contribution is -2.26. The lowest BCUT2D eigenvalue weighted by molar-refractivity contribution is 0.0245. The summed E-state index contributed by atoms with van der Waals surface area (Å²) in [5.74, 6) is 2.30. The summed E-state index contributed by atoms with van der Waals surface area (Å²) in [6.07, 6.45) is 2.12. The summed E-state index contributed by atoms with van der Waals surface area (Å²) < 4.78 is 16.9. The Morgan fingerprint density at radius 3 is 2.67 bits per heavy atom. The van der Waals surface area contributed by atoms with E-state index in [-0.39, 0.29) is 6.10 Å². The second-order valence-corrected chi connectivity index (χ2v) is 5.94. The van der Waals surface area contributed by atoms with Gasteiger partial charge in [-0.05, 0) is 30.2 Å². The molecule has 1 aromatic carbocycles. The molecule has 0 saturated carbocycles. The van der Waals surface area contributed by atoms with Crippen molar-refractivity contribution >= 4 is 0 Å². The summed E-state index contributed by atoms with van der Waals surface area (Å²) in [5.41, 5.74) is 1.21. The molecule has 0 aliphatic carbocycles. The minimum atomic E-state index is 0.234. The Morgan fingerprint density at radius 2 is 2.00 bits per heavy atom. The van der Waals surface area contributed by atoms with Gasteiger partial charge < -0.3 is 19.5 Å². The van der Waals surface area contributed by atoms with Crippen molar-refractivity contribution in [1.82, 2.24) is 5.32 Å². The van der Waals surface area contributed by atoms with Gasteiger partial charge >= 0.3 is 0 Å². The normalized spacial score (nSPS) is 16.2. The Balaban J connectivity index is 1.95. The Labute approximate surface area is 127 Å². The molecule has 21 heavy (non-hydrogen) atoms. The van der Waals surface area contributed by atoms with Crippen LogP contribution < -0.4 is 14.8 Å². The molecule has 1 fully saturated rings. The van der Waals surface area contributed by atoms with Crippen LogP contribution in [0.3, 0.4) is 0 Å². The first-order chi connectivity index (χ1) is 10.2. The number of hydrogen-bond acceptors (Lipinski definition) is 4. The van der Waals surface area contributed by atoms with E-state index in [0.717, 1.165) is 50.6 Å². The Kier molecular flexibility index (Phi) is 6.33. The zero-order chi connectivity index (χ0) is 15.1. The van der Waals surface area contributed by atoms with Crippen LogP contribution in [0.25, 0.3) is 0 Å². The van der Waals surface area contributed by atoms with Gasteiger partial charge in [0.2, 0.25) is 0 Å². The SMILES string of the molecule is COc1cc(CNCC(C)C)ccc1OC1CCOCC1. The van der Waals surface area contributed by atoms with Crippen LogP contribution in [0.5, 0.6) is 11.5 Å². The zero-order valence-corrected chi connectivity index (χ0v) is 13.4. The van der Waals surface area contributed by atoms with Crippen LogP contribution in [0.2, 0.25) is 0 Å². The van der Waals surface area contributed by atoms with Gasteiger partial charge in [-0.15, -0.1) is 0 Å². The van der Waals surface area contributed by atoms with Crippen molar-refractivity contribution in [3.63, 3.8) is 0 Å². The van der Waals surface area contributed by atoms with Crippen molar-refractivity contribution in [2.24, 2.45) is 5.92 Å². The Morgan fingerprint density at radius 1 is 1.24 bits per heavy atom. The van der Waals surface area contributed by atoms with E-state index in [1.807, 2.05) is 6.07 Å². The molecule has 0 radical (unpaired) electrons. The fourth-order valence-electron chi connectivity index (χ4n) is 2.40. The molecule has 4 nitrogen and oxygen atoms in total. The number of benzene rings is 1. The average molecular weight is 293 g/mol. The smallest absolute Gasteiger partial charge is 0.161 e. The average Bonchev–Trinajstić information content (AvgIpc) is 2.49. The monoisotopic (exact) mass is 293 g/mol. The second-order valence-electron chi connectivity index (χ2n) is 5.94. The molecule has 1 heterocycles. The van der Waals surface area contributed by atoms with E-state index in [2.05, 4.69) is 31.3 Å². The van der Waals surface area contributed by atoms with Crippen molar-refractivity contribution in [2.45, 2.75) is 39.3 Å². The molecule has 1 aromatic rings. The number of methoxy groups -OCH3 is 1. The van der Waals surface area contributed by atoms with E-state index >= 15 is 0 Å². The van der Waals surface area contributed by atoms with Gasteiger partial charge in [0, 0.05) is 19.4 Å². The zero-order valence-electron chi connectivity index (χ0n) is 13.4. The fraction of sp³-hybridized carbons (Fsp3) is 0.647. The largest absolute Gasteiger partial charge is 0.493 e. The van der Waals surface area contributed by atoms with E-state index in [9.17, 15) is 0 Å². The highest BCUT2D eigenvalue weighted by Crippen LogP contribution is 2.30. The maximum absolute atomic E-state index is 6.05. The Bertz CT molecular complexity index is 428. The van der Waals surface area contributed by atoms with Gasteiger partial charge in [0.05, 0.1) is 20.3 Å². The lowest BCUT2D eigenvalue weighted by Gasteiger charge is -2.24. The summed E-state index contributed by atoms with van der Waals surface area (Å²) in [4.78, 5) is 0. The summed E-state index contributed by atoms with van der Waals surface area (Å²) in [5, 5.41) is 3.44. The van der Waals surface area contributed by atoms with Gasteiger partial charge in [-0.1, -0.05) is 19.9 Å². The number of ether oxygens (including phenoxy) is 3. The van der Waals surface area contributed by atoms with E-state index in [4.69, 9.17) is 14.2 Å². The molecule has 1 saturated heterocycles. The molecular formula is C17H27NO3. The molecule has 1 aliphatic heterocycles. The molecule has 0 aromatic heterocycles. The standard InChI is InChI=1S/C17H27NO3/c1-13(2)11-18-12-14-4-5-16(17(10-14)19-3)21-15-6-8-20-9-7-15/h4-5,10,13,15,18H,6-9,11-12H2,1-3H3. The fourth-order valence-corrected chi connectivity index (χ4v) is 2.40. The number of hydrogen-bond donors (Lipinski definition) is 1. The third kappa shape index (κ3) is 5.21. The van der Waals surface area contributed by atoms with Gasteiger partial charge in [0.1, 0.15) is 6.10 Å². The molecule has 0 atom stereocenters. The van der Waals surface area contributed by atoms with Gasteiger partial charge in [0.15, 0.2) is 11.5 Å². The first-order valence-electron chi connectivity index (χ1n) is 7.81. The van der Waals surface area contributed by atoms with Crippen molar-refractivity contribution in [1.29, 1.82) is 0 Å². The summed E-state index contributed by atoms with van der Waals surface area (Å²) in [6, 6.07) is 6.17.